The van der Waals surface area contributed by atoms with Gasteiger partial charge in [-0.3, -0.25) is 9.80 Å². The number of aromatic amines is 1. The average Bonchev–Trinajstić information content (AvgIpc) is 3.41. The Morgan fingerprint density at radius 2 is 1.83 bits per heavy atom. The zero-order chi connectivity index (χ0) is 20.3. The molecule has 29 heavy (non-hydrogen) atoms. The number of imidazole rings is 1. The number of fused-ring (bicyclic) bond motifs is 3. The molecule has 0 spiro atoms. The number of piperidine rings is 1. The van der Waals surface area contributed by atoms with E-state index in [0.717, 1.165) is 38.1 Å². The molecule has 3 heterocycles. The molecule has 2 aliphatic rings. The number of hydrazine groups is 1. The van der Waals surface area contributed by atoms with E-state index in [2.05, 4.69) is 15.0 Å². The molecular formula is C20H16ClF3N4O. The van der Waals surface area contributed by atoms with Gasteiger partial charge in [-0.05, 0) is 37.1 Å². The first-order valence-electron chi connectivity index (χ1n) is 9.26. The molecule has 2 aliphatic heterocycles. The molecule has 1 aromatic heterocycles. The van der Waals surface area contributed by atoms with Gasteiger partial charge in [-0.25, -0.2) is 9.99 Å². The summed E-state index contributed by atoms with van der Waals surface area (Å²) < 4.78 is 39.0. The Morgan fingerprint density at radius 3 is 2.41 bits per heavy atom. The molecule has 2 fully saturated rings. The lowest BCUT2D eigenvalue weighted by Gasteiger charge is -2.23. The zero-order valence-corrected chi connectivity index (χ0v) is 15.9. The number of halogens is 4. The molecule has 0 radical (unpaired) electrons. The van der Waals surface area contributed by atoms with E-state index in [1.165, 1.54) is 0 Å². The van der Waals surface area contributed by atoms with Crippen LogP contribution in [0.15, 0.2) is 36.4 Å². The van der Waals surface area contributed by atoms with Crippen molar-refractivity contribution in [3.05, 3.63) is 52.5 Å². The molecule has 3 aromatic rings. The second-order valence-electron chi connectivity index (χ2n) is 7.35. The number of amides is 1. The molecule has 1 N–H and O–H groups in total. The van der Waals surface area contributed by atoms with Crippen LogP contribution in [-0.2, 0) is 6.18 Å². The number of aromatic nitrogens is 2. The second kappa shape index (κ2) is 6.47. The molecule has 1 amide bonds. The molecule has 5 rings (SSSR count). The van der Waals surface area contributed by atoms with Crippen molar-refractivity contribution in [1.29, 1.82) is 0 Å². The average molecular weight is 421 g/mol. The molecule has 2 bridgehead atoms. The Labute approximate surface area is 169 Å². The van der Waals surface area contributed by atoms with Crippen molar-refractivity contribution >= 4 is 28.5 Å². The molecule has 0 saturated carbocycles. The minimum absolute atomic E-state index is 0.0287. The molecule has 150 valence electrons. The van der Waals surface area contributed by atoms with Crippen LogP contribution in [0.25, 0.3) is 22.4 Å². The smallest absolute Gasteiger partial charge is 0.338 e. The topological polar surface area (TPSA) is 52.2 Å². The Bertz CT molecular complexity index is 1090. The van der Waals surface area contributed by atoms with Gasteiger partial charge in [0.1, 0.15) is 11.3 Å². The number of nitrogens with zero attached hydrogens (tertiary/aromatic N) is 3. The van der Waals surface area contributed by atoms with Crippen LogP contribution in [-0.4, -0.2) is 45.0 Å². The van der Waals surface area contributed by atoms with Crippen LogP contribution in [0, 0.1) is 0 Å². The predicted molar refractivity (Wildman–Crippen MR) is 102 cm³/mol. The summed E-state index contributed by atoms with van der Waals surface area (Å²) in [5.41, 5.74) is 0.882. The van der Waals surface area contributed by atoms with Gasteiger partial charge in [-0.15, -0.1) is 0 Å². The number of hydrogen-bond donors (Lipinski definition) is 1. The van der Waals surface area contributed by atoms with Gasteiger partial charge in [0.2, 0.25) is 0 Å². The maximum atomic E-state index is 13.0. The van der Waals surface area contributed by atoms with Crippen molar-refractivity contribution < 1.29 is 18.0 Å². The Balaban J connectivity index is 1.45. The number of nitrogens with one attached hydrogen (secondary N) is 1. The highest BCUT2D eigenvalue weighted by molar-refractivity contribution is 6.35. The van der Waals surface area contributed by atoms with Gasteiger partial charge in [0.05, 0.1) is 22.1 Å². The van der Waals surface area contributed by atoms with Crippen molar-refractivity contribution in [2.24, 2.45) is 0 Å². The van der Waals surface area contributed by atoms with Crippen molar-refractivity contribution in [1.82, 2.24) is 20.0 Å². The standard InChI is InChI=1S/C20H16ClF3N4O/c21-15-9-13(20(22,23)24)10-16-17(15)26-18(25-16)11-1-3-12(4-2-11)19(29)28-14-5-7-27(28)8-6-14/h1-4,9-10,14H,5-8H2,(H,25,26). The highest BCUT2D eigenvalue weighted by atomic mass is 35.5. The van der Waals surface area contributed by atoms with E-state index in [9.17, 15) is 18.0 Å². The maximum Gasteiger partial charge on any atom is 0.416 e. The SMILES string of the molecule is O=C(c1ccc(-c2nc3c(Cl)cc(C(F)(F)F)cc3[nH]2)cc1)N1C2CCN1CC2. The summed E-state index contributed by atoms with van der Waals surface area (Å²) in [6.45, 7) is 1.82. The summed E-state index contributed by atoms with van der Waals surface area (Å²) >= 11 is 6.00. The summed E-state index contributed by atoms with van der Waals surface area (Å²) in [6, 6.07) is 9.04. The summed E-state index contributed by atoms with van der Waals surface area (Å²) in [5.74, 6) is 0.365. The van der Waals surface area contributed by atoms with Gasteiger partial charge in [-0.1, -0.05) is 23.7 Å². The fraction of sp³-hybridized carbons (Fsp3) is 0.300. The Kier molecular flexibility index (Phi) is 4.11. The summed E-state index contributed by atoms with van der Waals surface area (Å²) in [7, 11) is 0. The number of H-pyrrole nitrogens is 1. The van der Waals surface area contributed by atoms with E-state index in [4.69, 9.17) is 11.6 Å². The van der Waals surface area contributed by atoms with Crippen LogP contribution >= 0.6 is 11.6 Å². The van der Waals surface area contributed by atoms with Crippen molar-refractivity contribution in [3.63, 3.8) is 0 Å². The number of carbonyl (C=O) groups is 1. The van der Waals surface area contributed by atoms with E-state index in [0.29, 0.717) is 17.0 Å². The van der Waals surface area contributed by atoms with Crippen LogP contribution in [0.5, 0.6) is 0 Å². The van der Waals surface area contributed by atoms with Crippen molar-refractivity contribution in [2.45, 2.75) is 25.1 Å². The van der Waals surface area contributed by atoms with Gasteiger partial charge in [0, 0.05) is 24.2 Å². The number of rotatable bonds is 2. The van der Waals surface area contributed by atoms with E-state index < -0.39 is 11.7 Å². The highest BCUT2D eigenvalue weighted by Crippen LogP contribution is 2.35. The van der Waals surface area contributed by atoms with Crippen LogP contribution < -0.4 is 0 Å². The number of hydrogen-bond acceptors (Lipinski definition) is 3. The summed E-state index contributed by atoms with van der Waals surface area (Å²) in [6.07, 6.45) is -2.48. The largest absolute Gasteiger partial charge is 0.416 e. The van der Waals surface area contributed by atoms with Gasteiger partial charge in [0.15, 0.2) is 0 Å². The second-order valence-corrected chi connectivity index (χ2v) is 7.76. The van der Waals surface area contributed by atoms with E-state index in [1.54, 1.807) is 24.3 Å². The zero-order valence-electron chi connectivity index (χ0n) is 15.1. The molecule has 0 atom stereocenters. The molecule has 0 unspecified atom stereocenters. The fourth-order valence-corrected chi connectivity index (χ4v) is 4.38. The predicted octanol–water partition coefficient (Wildman–Crippen LogP) is 4.74. The quantitative estimate of drug-likeness (QED) is 0.651. The lowest BCUT2D eigenvalue weighted by atomic mass is 10.1. The lowest BCUT2D eigenvalue weighted by molar-refractivity contribution is -0.137. The fourth-order valence-electron chi connectivity index (χ4n) is 4.12. The first-order valence-corrected chi connectivity index (χ1v) is 9.64. The normalized spacial score (nSPS) is 21.3. The molecule has 5 nitrogen and oxygen atoms in total. The third kappa shape index (κ3) is 3.07. The molecular weight excluding hydrogens is 405 g/mol. The minimum atomic E-state index is -4.49. The number of alkyl halides is 3. The summed E-state index contributed by atoms with van der Waals surface area (Å²) in [4.78, 5) is 20.0. The van der Waals surface area contributed by atoms with E-state index in [-0.39, 0.29) is 28.0 Å². The third-order valence-electron chi connectivity index (χ3n) is 5.57. The van der Waals surface area contributed by atoms with Gasteiger partial charge in [-0.2, -0.15) is 13.2 Å². The molecule has 0 aliphatic carbocycles. The third-order valence-corrected chi connectivity index (χ3v) is 5.86. The highest BCUT2D eigenvalue weighted by Gasteiger charge is 2.41. The van der Waals surface area contributed by atoms with Crippen molar-refractivity contribution in [2.75, 3.05) is 13.1 Å². The lowest BCUT2D eigenvalue weighted by Crippen LogP contribution is -2.38. The van der Waals surface area contributed by atoms with Crippen molar-refractivity contribution in [3.8, 4) is 11.4 Å². The molecule has 2 aromatic carbocycles. The molecule has 9 heteroatoms. The van der Waals surface area contributed by atoms with Crippen LogP contribution in [0.4, 0.5) is 13.2 Å². The molecule has 2 saturated heterocycles. The first kappa shape index (κ1) is 18.4. The van der Waals surface area contributed by atoms with Crippen LogP contribution in [0.3, 0.4) is 0 Å². The van der Waals surface area contributed by atoms with E-state index in [1.807, 2.05) is 5.01 Å². The Hall–Kier alpha value is -2.58. The van der Waals surface area contributed by atoms with Crippen LogP contribution in [0.1, 0.15) is 28.8 Å². The first-order chi connectivity index (χ1) is 13.8. The number of carbonyl (C=O) groups excluding carboxylic acids is 1. The van der Waals surface area contributed by atoms with Gasteiger partial charge >= 0.3 is 6.18 Å². The Morgan fingerprint density at radius 1 is 1.14 bits per heavy atom. The minimum Gasteiger partial charge on any atom is -0.338 e. The maximum absolute atomic E-state index is 13.0. The number of benzene rings is 2. The van der Waals surface area contributed by atoms with Crippen LogP contribution in [0.2, 0.25) is 5.02 Å². The van der Waals surface area contributed by atoms with E-state index >= 15 is 0 Å². The van der Waals surface area contributed by atoms with Gasteiger partial charge in [0.25, 0.3) is 5.91 Å². The van der Waals surface area contributed by atoms with Gasteiger partial charge < -0.3 is 4.98 Å². The monoisotopic (exact) mass is 420 g/mol. The summed E-state index contributed by atoms with van der Waals surface area (Å²) in [5, 5.41) is 3.86.